The summed E-state index contributed by atoms with van der Waals surface area (Å²) in [6, 6.07) is 18.2. The van der Waals surface area contributed by atoms with Crippen molar-refractivity contribution in [2.24, 2.45) is 0 Å². The molecule has 4 nitrogen and oxygen atoms in total. The molecule has 31 heavy (non-hydrogen) atoms. The van der Waals surface area contributed by atoms with E-state index in [1.54, 1.807) is 17.0 Å². The number of amides is 1. The second-order valence-corrected chi connectivity index (χ2v) is 7.69. The number of likely N-dealkylation sites (tertiary alicyclic amines) is 1. The van der Waals surface area contributed by atoms with Crippen LogP contribution in [-0.2, 0) is 12.7 Å². The summed E-state index contributed by atoms with van der Waals surface area (Å²) < 4.78 is 43.6. The Labute approximate surface area is 178 Å². The van der Waals surface area contributed by atoms with Gasteiger partial charge in [0, 0.05) is 31.4 Å². The largest absolute Gasteiger partial charge is 0.459 e. The van der Waals surface area contributed by atoms with Crippen LogP contribution in [0.2, 0.25) is 0 Å². The number of hydrogen-bond donors (Lipinski definition) is 0. The fourth-order valence-corrected chi connectivity index (χ4v) is 3.99. The first kappa shape index (κ1) is 21.2. The third-order valence-corrected chi connectivity index (χ3v) is 5.59. The number of hydrogen-bond acceptors (Lipinski definition) is 3. The summed E-state index contributed by atoms with van der Waals surface area (Å²) in [5.74, 6) is 0.133. The van der Waals surface area contributed by atoms with Crippen LogP contribution in [0.15, 0.2) is 77.4 Å². The smallest absolute Gasteiger partial charge is 0.416 e. The third kappa shape index (κ3) is 4.99. The summed E-state index contributed by atoms with van der Waals surface area (Å²) in [5, 5.41) is 0. The van der Waals surface area contributed by atoms with E-state index in [9.17, 15) is 18.0 Å². The van der Waals surface area contributed by atoms with Gasteiger partial charge < -0.3 is 9.32 Å². The van der Waals surface area contributed by atoms with Gasteiger partial charge in [0.2, 0.25) is 0 Å². The van der Waals surface area contributed by atoms with E-state index in [-0.39, 0.29) is 11.9 Å². The highest BCUT2D eigenvalue weighted by Crippen LogP contribution is 2.30. The predicted molar refractivity (Wildman–Crippen MR) is 112 cm³/mol. The van der Waals surface area contributed by atoms with Gasteiger partial charge in [-0.25, -0.2) is 0 Å². The van der Waals surface area contributed by atoms with Gasteiger partial charge in [-0.2, -0.15) is 13.2 Å². The molecule has 162 valence electrons. The Morgan fingerprint density at radius 3 is 2.23 bits per heavy atom. The van der Waals surface area contributed by atoms with Gasteiger partial charge >= 0.3 is 6.18 Å². The number of anilines is 1. The molecule has 1 saturated heterocycles. The van der Waals surface area contributed by atoms with Crippen molar-refractivity contribution in [2.45, 2.75) is 31.6 Å². The minimum absolute atomic E-state index is 0.0175. The summed E-state index contributed by atoms with van der Waals surface area (Å²) >= 11 is 0. The Kier molecular flexibility index (Phi) is 6.13. The van der Waals surface area contributed by atoms with Crippen LogP contribution in [-0.4, -0.2) is 29.9 Å². The van der Waals surface area contributed by atoms with Crippen molar-refractivity contribution in [2.75, 3.05) is 18.0 Å². The number of piperidine rings is 1. The van der Waals surface area contributed by atoms with Gasteiger partial charge in [-0.3, -0.25) is 9.69 Å². The molecule has 1 amide bonds. The zero-order valence-electron chi connectivity index (χ0n) is 16.9. The molecule has 1 aliphatic rings. The summed E-state index contributed by atoms with van der Waals surface area (Å²) in [4.78, 5) is 17.1. The first-order valence-electron chi connectivity index (χ1n) is 10.2. The van der Waals surface area contributed by atoms with Gasteiger partial charge in [-0.1, -0.05) is 30.3 Å². The molecule has 0 saturated carbocycles. The van der Waals surface area contributed by atoms with Gasteiger partial charge in [-0.15, -0.1) is 0 Å². The average molecular weight is 428 g/mol. The van der Waals surface area contributed by atoms with Crippen LogP contribution in [0.3, 0.4) is 0 Å². The molecule has 0 aliphatic carbocycles. The normalized spacial score (nSPS) is 15.7. The zero-order chi connectivity index (χ0) is 21.8. The lowest BCUT2D eigenvalue weighted by atomic mass is 10.0. The molecule has 3 aromatic rings. The molecule has 2 heterocycles. The molecule has 0 unspecified atom stereocenters. The Morgan fingerprint density at radius 2 is 1.65 bits per heavy atom. The number of para-hydroxylation sites is 1. The lowest BCUT2D eigenvalue weighted by Crippen LogP contribution is -2.47. The van der Waals surface area contributed by atoms with Crippen LogP contribution in [0.4, 0.5) is 18.9 Å². The van der Waals surface area contributed by atoms with E-state index in [0.717, 1.165) is 49.3 Å². The van der Waals surface area contributed by atoms with Crippen molar-refractivity contribution in [3.05, 3.63) is 89.9 Å². The number of rotatable bonds is 5. The van der Waals surface area contributed by atoms with Crippen molar-refractivity contribution in [1.82, 2.24) is 4.90 Å². The van der Waals surface area contributed by atoms with Crippen LogP contribution in [0.25, 0.3) is 0 Å². The van der Waals surface area contributed by atoms with Gasteiger partial charge in [0.1, 0.15) is 0 Å². The van der Waals surface area contributed by atoms with Gasteiger partial charge in [0.15, 0.2) is 5.76 Å². The Balaban J connectivity index is 1.42. The van der Waals surface area contributed by atoms with E-state index in [0.29, 0.717) is 12.3 Å². The second-order valence-electron chi connectivity index (χ2n) is 7.69. The van der Waals surface area contributed by atoms with Gasteiger partial charge in [0.25, 0.3) is 5.91 Å². The molecule has 2 aromatic carbocycles. The van der Waals surface area contributed by atoms with Crippen LogP contribution in [0.1, 0.15) is 34.5 Å². The van der Waals surface area contributed by atoms with Crippen LogP contribution in [0, 0.1) is 0 Å². The molecular weight excluding hydrogens is 405 g/mol. The molecule has 1 aliphatic heterocycles. The third-order valence-electron chi connectivity index (χ3n) is 5.59. The first-order chi connectivity index (χ1) is 14.9. The molecule has 0 spiro atoms. The van der Waals surface area contributed by atoms with Crippen molar-refractivity contribution in [3.63, 3.8) is 0 Å². The number of carbonyl (C=O) groups excluding carboxylic acids is 1. The number of furan rings is 1. The maximum atomic E-state index is 13.1. The van der Waals surface area contributed by atoms with E-state index >= 15 is 0 Å². The second kappa shape index (κ2) is 8.98. The standard InChI is InChI=1S/C24H23F3N2O2/c25-24(26,27)19-10-8-18(9-11-19)17-28-14-12-21(13-15-28)29(20-5-2-1-3-6-20)23(30)22-7-4-16-31-22/h1-11,16,21H,12-15,17H2. The number of halogens is 3. The van der Waals surface area contributed by atoms with Crippen molar-refractivity contribution >= 4 is 11.6 Å². The van der Waals surface area contributed by atoms with Gasteiger partial charge in [0.05, 0.1) is 11.8 Å². The number of nitrogens with zero attached hydrogens (tertiary/aromatic N) is 2. The average Bonchev–Trinajstić information content (AvgIpc) is 3.31. The van der Waals surface area contributed by atoms with Crippen molar-refractivity contribution in [3.8, 4) is 0 Å². The maximum Gasteiger partial charge on any atom is 0.416 e. The molecule has 0 radical (unpaired) electrons. The Bertz CT molecular complexity index is 978. The van der Waals surface area contributed by atoms with E-state index in [4.69, 9.17) is 4.42 Å². The van der Waals surface area contributed by atoms with Crippen LogP contribution in [0.5, 0.6) is 0 Å². The highest BCUT2D eigenvalue weighted by molar-refractivity contribution is 6.04. The van der Waals surface area contributed by atoms with Crippen molar-refractivity contribution in [1.29, 1.82) is 0 Å². The monoisotopic (exact) mass is 428 g/mol. The Morgan fingerprint density at radius 1 is 0.968 bits per heavy atom. The van der Waals surface area contributed by atoms with E-state index in [2.05, 4.69) is 4.90 Å². The fraction of sp³-hybridized carbons (Fsp3) is 0.292. The topological polar surface area (TPSA) is 36.7 Å². The minimum Gasteiger partial charge on any atom is -0.459 e. The molecule has 0 atom stereocenters. The number of benzene rings is 2. The molecule has 0 bridgehead atoms. The van der Waals surface area contributed by atoms with Crippen molar-refractivity contribution < 1.29 is 22.4 Å². The Hall–Kier alpha value is -3.06. The molecule has 0 N–H and O–H groups in total. The maximum absolute atomic E-state index is 13.1. The molecule has 1 fully saturated rings. The lowest BCUT2D eigenvalue weighted by Gasteiger charge is -2.38. The predicted octanol–water partition coefficient (Wildman–Crippen LogP) is 5.61. The fourth-order valence-electron chi connectivity index (χ4n) is 3.99. The summed E-state index contributed by atoms with van der Waals surface area (Å²) in [7, 11) is 0. The molecular formula is C24H23F3N2O2. The van der Waals surface area contributed by atoms with Crippen LogP contribution < -0.4 is 4.90 Å². The first-order valence-corrected chi connectivity index (χ1v) is 10.2. The quantitative estimate of drug-likeness (QED) is 0.530. The van der Waals surface area contributed by atoms with E-state index in [1.165, 1.54) is 18.4 Å². The molecule has 7 heteroatoms. The summed E-state index contributed by atoms with van der Waals surface area (Å²) in [6.45, 7) is 2.09. The summed E-state index contributed by atoms with van der Waals surface area (Å²) in [6.07, 6.45) is -1.30. The SMILES string of the molecule is O=C(c1ccco1)N(c1ccccc1)C1CCN(Cc2ccc(C(F)(F)F)cc2)CC1. The number of carbonyl (C=O) groups is 1. The zero-order valence-corrected chi connectivity index (χ0v) is 16.9. The minimum atomic E-state index is -4.32. The summed E-state index contributed by atoms with van der Waals surface area (Å²) in [5.41, 5.74) is 1.04. The highest BCUT2D eigenvalue weighted by atomic mass is 19.4. The van der Waals surface area contributed by atoms with E-state index in [1.807, 2.05) is 30.3 Å². The number of alkyl halides is 3. The van der Waals surface area contributed by atoms with Gasteiger partial charge in [-0.05, 0) is 54.8 Å². The van der Waals surface area contributed by atoms with E-state index < -0.39 is 11.7 Å². The van der Waals surface area contributed by atoms with Crippen LogP contribution >= 0.6 is 0 Å². The lowest BCUT2D eigenvalue weighted by molar-refractivity contribution is -0.137. The molecule has 4 rings (SSSR count). The highest BCUT2D eigenvalue weighted by Gasteiger charge is 2.32. The molecule has 1 aromatic heterocycles.